The molecule has 0 bridgehead atoms. The number of thiophene rings is 1. The summed E-state index contributed by atoms with van der Waals surface area (Å²) >= 11 is 1.37. The van der Waals surface area contributed by atoms with Gasteiger partial charge in [-0.3, -0.25) is 14.6 Å². The summed E-state index contributed by atoms with van der Waals surface area (Å²) in [5.41, 5.74) is 3.99. The molecule has 2 aromatic heterocycles. The lowest BCUT2D eigenvalue weighted by Gasteiger charge is -2.22. The van der Waals surface area contributed by atoms with E-state index in [1.54, 1.807) is 37.5 Å². The highest BCUT2D eigenvalue weighted by Gasteiger charge is 2.28. The fourth-order valence-corrected chi connectivity index (χ4v) is 6.69. The number of aromatic nitrogens is 2. The molecule has 0 radical (unpaired) electrons. The first-order valence-electron chi connectivity index (χ1n) is 18.7. The molecule has 4 rings (SSSR count). The second-order valence-electron chi connectivity index (χ2n) is 14.6. The van der Waals surface area contributed by atoms with Crippen molar-refractivity contribution in [3.63, 3.8) is 0 Å². The number of allylic oxidation sites excluding steroid dienone is 2. The molecule has 0 saturated carbocycles. The molecule has 3 N–H and O–H groups in total. The lowest BCUT2D eigenvalue weighted by Crippen LogP contribution is -2.52. The zero-order valence-corrected chi connectivity index (χ0v) is 33.3. The van der Waals surface area contributed by atoms with E-state index >= 15 is 0 Å². The Hall–Kier alpha value is -5.42. The summed E-state index contributed by atoms with van der Waals surface area (Å²) in [5.74, 6) is -0.809. The van der Waals surface area contributed by atoms with Crippen molar-refractivity contribution in [2.45, 2.75) is 97.1 Å². The number of unbranched alkanes of at least 4 members (excludes halogenated alkanes) is 4. The molecule has 4 aromatic rings. The molecule has 11 heteroatoms. The molecule has 0 saturated heterocycles. The molecule has 0 aliphatic rings. The van der Waals surface area contributed by atoms with Crippen LogP contribution in [0, 0.1) is 0 Å². The minimum atomic E-state index is -1.21. The average molecular weight is 764 g/mol. The minimum Gasteiger partial charge on any atom is -0.494 e. The number of benzene rings is 2. The number of aliphatic imine (C=N–C) groups is 1. The van der Waals surface area contributed by atoms with Gasteiger partial charge in [0.25, 0.3) is 5.91 Å². The Bertz CT molecular complexity index is 1930. The van der Waals surface area contributed by atoms with E-state index in [9.17, 15) is 19.5 Å². The zero-order valence-electron chi connectivity index (χ0n) is 32.5. The summed E-state index contributed by atoms with van der Waals surface area (Å²) < 4.78 is 5.90. The fraction of sp³-hybridized carbons (Fsp3) is 0.364. The van der Waals surface area contributed by atoms with E-state index < -0.39 is 29.9 Å². The van der Waals surface area contributed by atoms with Crippen molar-refractivity contribution in [2.24, 2.45) is 4.99 Å². The Morgan fingerprint density at radius 2 is 1.56 bits per heavy atom. The number of carbonyl (C=O) groups is 3. The summed E-state index contributed by atoms with van der Waals surface area (Å²) in [4.78, 5) is 53.7. The van der Waals surface area contributed by atoms with E-state index in [1.165, 1.54) is 43.2 Å². The van der Waals surface area contributed by atoms with Crippen molar-refractivity contribution in [3.8, 4) is 28.3 Å². The third kappa shape index (κ3) is 13.4. The molecule has 2 heterocycles. The maximum Gasteiger partial charge on any atom is 0.326 e. The number of carboxylic acids is 1. The van der Waals surface area contributed by atoms with E-state index in [-0.39, 0.29) is 18.3 Å². The zero-order chi connectivity index (χ0) is 39.8. The van der Waals surface area contributed by atoms with E-state index in [0.29, 0.717) is 17.3 Å². The summed E-state index contributed by atoms with van der Waals surface area (Å²) in [6.45, 7) is 14.3. The first-order chi connectivity index (χ1) is 26.4. The van der Waals surface area contributed by atoms with E-state index in [1.807, 2.05) is 54.6 Å². The van der Waals surface area contributed by atoms with Crippen LogP contribution in [0.3, 0.4) is 0 Å². The number of aliphatic carboxylic acids is 1. The topological polar surface area (TPSA) is 143 Å². The second kappa shape index (κ2) is 20.9. The number of nitrogens with one attached hydrogen (secondary N) is 2. The van der Waals surface area contributed by atoms with Crippen molar-refractivity contribution in [1.29, 1.82) is 0 Å². The van der Waals surface area contributed by atoms with Crippen molar-refractivity contribution in [3.05, 3.63) is 112 Å². The lowest BCUT2D eigenvalue weighted by molar-refractivity contribution is -0.142. The highest BCUT2D eigenvalue weighted by Crippen LogP contribution is 2.30. The van der Waals surface area contributed by atoms with Gasteiger partial charge in [0.15, 0.2) is 5.82 Å². The van der Waals surface area contributed by atoms with E-state index in [2.05, 4.69) is 60.0 Å². The van der Waals surface area contributed by atoms with Gasteiger partial charge in [-0.1, -0.05) is 101 Å². The van der Waals surface area contributed by atoms with Gasteiger partial charge in [0.1, 0.15) is 17.8 Å². The first-order valence-corrected chi connectivity index (χ1v) is 19.6. The number of hydrogen-bond acceptors (Lipinski definition) is 8. The predicted molar refractivity (Wildman–Crippen MR) is 222 cm³/mol. The number of ether oxygens (including phenoxy) is 1. The Kier molecular flexibility index (Phi) is 16.1. The maximum atomic E-state index is 13.7. The lowest BCUT2D eigenvalue weighted by atomic mass is 9.95. The van der Waals surface area contributed by atoms with Crippen LogP contribution >= 0.6 is 11.3 Å². The highest BCUT2D eigenvalue weighted by molar-refractivity contribution is 7.14. The van der Waals surface area contributed by atoms with Crippen molar-refractivity contribution >= 4 is 35.8 Å². The number of carbonyl (C=O) groups excluding carboxylic acids is 2. The molecule has 0 aliphatic carbocycles. The van der Waals surface area contributed by atoms with Gasteiger partial charge in [0, 0.05) is 41.0 Å². The standard InChI is InChI=1S/C44H53N5O5S/c1-7-8-9-10-11-25-54-35-20-18-32(19-21-35)34-28-46-40(47-29-34)33-16-14-31(15-17-33)27-36(48-42(51)38-22-23-39(55-38)44(3,4)5)41(50)49-37(43(52)53)26-30(2)13-12-24-45-6/h12-24,28-29,36-37H,6-11,25-27H2,1-5H3,(H,48,51)(H,49,50)(H,52,53)/b24-12-,30-13+/t36-,37-/m0/s1. The smallest absolute Gasteiger partial charge is 0.326 e. The van der Waals surface area contributed by atoms with Crippen LogP contribution in [0.2, 0.25) is 0 Å². The van der Waals surface area contributed by atoms with Crippen LogP contribution in [0.25, 0.3) is 22.5 Å². The van der Waals surface area contributed by atoms with Crippen molar-refractivity contribution < 1.29 is 24.2 Å². The fourth-order valence-electron chi connectivity index (χ4n) is 5.72. The van der Waals surface area contributed by atoms with Crippen LogP contribution in [-0.2, 0) is 21.4 Å². The van der Waals surface area contributed by atoms with Gasteiger partial charge in [0.05, 0.1) is 11.5 Å². The van der Waals surface area contributed by atoms with Crippen LogP contribution in [0.15, 0.2) is 102 Å². The summed E-state index contributed by atoms with van der Waals surface area (Å²) in [6, 6.07) is 16.8. The SMILES string of the molecule is C=N/C=C\C=C(/C)C[C@H](NC(=O)[C@H](Cc1ccc(-c2ncc(-c3ccc(OCCCCCCC)cc3)cn2)cc1)NC(=O)c1ccc(C(C)(C)C)s1)C(=O)O. The molecule has 0 fully saturated rings. The third-order valence-corrected chi connectivity index (χ3v) is 10.4. The highest BCUT2D eigenvalue weighted by atomic mass is 32.1. The number of rotatable bonds is 20. The molecule has 10 nitrogen and oxygen atoms in total. The van der Waals surface area contributed by atoms with Gasteiger partial charge in [0.2, 0.25) is 5.91 Å². The summed E-state index contributed by atoms with van der Waals surface area (Å²) in [5, 5.41) is 15.5. The van der Waals surface area contributed by atoms with Crippen molar-refractivity contribution in [1.82, 2.24) is 20.6 Å². The van der Waals surface area contributed by atoms with Gasteiger partial charge in [-0.15, -0.1) is 11.3 Å². The summed E-state index contributed by atoms with van der Waals surface area (Å²) in [6.07, 6.45) is 14.6. The van der Waals surface area contributed by atoms with Crippen LogP contribution < -0.4 is 15.4 Å². The number of carboxylic acid groups (broad SMARTS) is 1. The Morgan fingerprint density at radius 3 is 2.18 bits per heavy atom. The van der Waals surface area contributed by atoms with Crippen molar-refractivity contribution in [2.75, 3.05) is 6.61 Å². The monoisotopic (exact) mass is 763 g/mol. The summed E-state index contributed by atoms with van der Waals surface area (Å²) in [7, 11) is 0. The Balaban J connectivity index is 1.46. The molecule has 55 heavy (non-hydrogen) atoms. The minimum absolute atomic E-state index is 0.0650. The van der Waals surface area contributed by atoms with Crippen LogP contribution in [0.4, 0.5) is 0 Å². The maximum absolute atomic E-state index is 13.7. The predicted octanol–water partition coefficient (Wildman–Crippen LogP) is 8.98. The molecular weight excluding hydrogens is 711 g/mol. The van der Waals surface area contributed by atoms with Gasteiger partial charge >= 0.3 is 5.97 Å². The molecule has 290 valence electrons. The van der Waals surface area contributed by atoms with E-state index in [4.69, 9.17) is 4.74 Å². The van der Waals surface area contributed by atoms with Gasteiger partial charge in [-0.05, 0) is 73.4 Å². The molecule has 2 aromatic carbocycles. The molecule has 0 aliphatic heterocycles. The second-order valence-corrected chi connectivity index (χ2v) is 15.6. The number of hydrogen-bond donors (Lipinski definition) is 3. The molecule has 2 amide bonds. The average Bonchev–Trinajstić information content (AvgIpc) is 3.68. The van der Waals surface area contributed by atoms with E-state index in [0.717, 1.165) is 44.9 Å². The normalized spacial score (nSPS) is 12.9. The van der Waals surface area contributed by atoms with Gasteiger partial charge < -0.3 is 20.5 Å². The quantitative estimate of drug-likeness (QED) is 0.0463. The Morgan fingerprint density at radius 1 is 0.891 bits per heavy atom. The van der Waals surface area contributed by atoms with Gasteiger partial charge in [-0.2, -0.15) is 0 Å². The van der Waals surface area contributed by atoms with Gasteiger partial charge in [-0.25, -0.2) is 14.8 Å². The molecule has 0 spiro atoms. The molecule has 0 unspecified atom stereocenters. The Labute approximate surface area is 328 Å². The molecular formula is C44H53N5O5S. The van der Waals surface area contributed by atoms with Crippen LogP contribution in [0.1, 0.15) is 93.3 Å². The largest absolute Gasteiger partial charge is 0.494 e. The van der Waals surface area contributed by atoms with Crippen LogP contribution in [0.5, 0.6) is 5.75 Å². The first kappa shape index (κ1) is 42.3. The molecule has 2 atom stereocenters. The number of nitrogens with zero attached hydrogens (tertiary/aromatic N) is 3. The van der Waals surface area contributed by atoms with Crippen LogP contribution in [-0.4, -0.2) is 58.3 Å². The number of amides is 2. The third-order valence-electron chi connectivity index (χ3n) is 8.91.